The number of halogens is 1. The van der Waals surface area contributed by atoms with Gasteiger partial charge in [-0.1, -0.05) is 46.3 Å². The molecular formula is C15H14BrNO4S. The molecule has 0 aromatic heterocycles. The first-order valence-corrected chi connectivity index (χ1v) is 8.70. The lowest BCUT2D eigenvalue weighted by molar-refractivity contribution is -0.143. The van der Waals surface area contributed by atoms with Crippen LogP contribution in [0.2, 0.25) is 0 Å². The molecule has 2 aromatic carbocycles. The Hall–Kier alpha value is -1.70. The molecule has 0 unspecified atom stereocenters. The van der Waals surface area contributed by atoms with Crippen LogP contribution in [0, 0.1) is 0 Å². The molecule has 2 rings (SSSR count). The van der Waals surface area contributed by atoms with Gasteiger partial charge in [0, 0.05) is 4.47 Å². The molecule has 0 spiro atoms. The van der Waals surface area contributed by atoms with E-state index >= 15 is 0 Å². The second kappa shape index (κ2) is 7.53. The van der Waals surface area contributed by atoms with Crippen molar-refractivity contribution in [1.82, 2.24) is 4.72 Å². The van der Waals surface area contributed by atoms with E-state index in [0.717, 1.165) is 10.0 Å². The Bertz CT molecular complexity index is 730. The van der Waals surface area contributed by atoms with Gasteiger partial charge in [-0.2, -0.15) is 4.72 Å². The molecule has 2 aromatic rings. The normalized spacial score (nSPS) is 11.1. The van der Waals surface area contributed by atoms with Crippen molar-refractivity contribution in [3.63, 3.8) is 0 Å². The maximum absolute atomic E-state index is 12.0. The number of hydrogen-bond donors (Lipinski definition) is 1. The van der Waals surface area contributed by atoms with Crippen LogP contribution in [-0.2, 0) is 26.2 Å². The molecule has 0 saturated carbocycles. The Morgan fingerprint density at radius 3 is 2.32 bits per heavy atom. The molecule has 0 aliphatic carbocycles. The van der Waals surface area contributed by atoms with Gasteiger partial charge in [0.1, 0.15) is 13.2 Å². The monoisotopic (exact) mass is 383 g/mol. The first-order chi connectivity index (χ1) is 10.5. The van der Waals surface area contributed by atoms with Crippen molar-refractivity contribution >= 4 is 31.9 Å². The summed E-state index contributed by atoms with van der Waals surface area (Å²) in [6.07, 6.45) is 0. The maximum atomic E-state index is 12.0. The first-order valence-electron chi connectivity index (χ1n) is 6.42. The number of esters is 1. The molecule has 22 heavy (non-hydrogen) atoms. The first kappa shape index (κ1) is 16.7. The van der Waals surface area contributed by atoms with Crippen LogP contribution in [0.25, 0.3) is 0 Å². The number of rotatable bonds is 6. The van der Waals surface area contributed by atoms with Crippen LogP contribution in [0.15, 0.2) is 64.0 Å². The minimum atomic E-state index is -3.73. The third-order valence-electron chi connectivity index (χ3n) is 2.77. The summed E-state index contributed by atoms with van der Waals surface area (Å²) < 4.78 is 32.0. The molecule has 0 aliphatic heterocycles. The van der Waals surface area contributed by atoms with E-state index in [1.165, 1.54) is 12.1 Å². The van der Waals surface area contributed by atoms with Crippen LogP contribution in [-0.4, -0.2) is 20.9 Å². The molecule has 0 atom stereocenters. The number of benzene rings is 2. The summed E-state index contributed by atoms with van der Waals surface area (Å²) in [7, 11) is -3.73. The fourth-order valence-corrected chi connectivity index (χ4v) is 2.87. The third-order valence-corrected chi connectivity index (χ3v) is 4.72. The molecule has 0 radical (unpaired) electrons. The van der Waals surface area contributed by atoms with Crippen molar-refractivity contribution in [3.8, 4) is 0 Å². The van der Waals surface area contributed by atoms with Crippen molar-refractivity contribution in [2.24, 2.45) is 0 Å². The zero-order valence-corrected chi connectivity index (χ0v) is 13.9. The summed E-state index contributed by atoms with van der Waals surface area (Å²) >= 11 is 3.23. The quantitative estimate of drug-likeness (QED) is 0.777. The molecule has 0 fully saturated rings. The van der Waals surface area contributed by atoms with Crippen molar-refractivity contribution < 1.29 is 17.9 Å². The SMILES string of the molecule is O=C(CNS(=O)(=O)c1ccc(Br)cc1)OCc1ccccc1. The van der Waals surface area contributed by atoms with Gasteiger partial charge in [0.2, 0.25) is 10.0 Å². The van der Waals surface area contributed by atoms with Gasteiger partial charge >= 0.3 is 5.97 Å². The molecule has 7 heteroatoms. The van der Waals surface area contributed by atoms with Gasteiger partial charge in [0.15, 0.2) is 0 Å². The second-order valence-electron chi connectivity index (χ2n) is 4.42. The van der Waals surface area contributed by atoms with Crippen LogP contribution in [0.5, 0.6) is 0 Å². The highest BCUT2D eigenvalue weighted by molar-refractivity contribution is 9.10. The Morgan fingerprint density at radius 1 is 1.05 bits per heavy atom. The van der Waals surface area contributed by atoms with E-state index in [1.54, 1.807) is 12.1 Å². The molecule has 0 aliphatic rings. The maximum Gasteiger partial charge on any atom is 0.321 e. The lowest BCUT2D eigenvalue weighted by Gasteiger charge is -2.07. The topological polar surface area (TPSA) is 72.5 Å². The largest absolute Gasteiger partial charge is 0.460 e. The minimum absolute atomic E-state index is 0.0894. The molecule has 1 N–H and O–H groups in total. The van der Waals surface area contributed by atoms with Crippen LogP contribution in [0.1, 0.15) is 5.56 Å². The van der Waals surface area contributed by atoms with Gasteiger partial charge in [0.05, 0.1) is 4.90 Å². The van der Waals surface area contributed by atoms with E-state index in [2.05, 4.69) is 20.7 Å². The molecule has 0 amide bonds. The average molecular weight is 384 g/mol. The molecule has 5 nitrogen and oxygen atoms in total. The summed E-state index contributed by atoms with van der Waals surface area (Å²) in [6, 6.07) is 15.3. The fourth-order valence-electron chi connectivity index (χ4n) is 1.64. The summed E-state index contributed by atoms with van der Waals surface area (Å²) in [5.74, 6) is -0.635. The van der Waals surface area contributed by atoms with Gasteiger partial charge in [0.25, 0.3) is 0 Å². The number of carbonyl (C=O) groups is 1. The van der Waals surface area contributed by atoms with Crippen molar-refractivity contribution in [2.75, 3.05) is 6.54 Å². The summed E-state index contributed by atoms with van der Waals surface area (Å²) in [5.41, 5.74) is 0.839. The van der Waals surface area contributed by atoms with E-state index in [1.807, 2.05) is 30.3 Å². The third kappa shape index (κ3) is 4.94. The van der Waals surface area contributed by atoms with Gasteiger partial charge in [-0.15, -0.1) is 0 Å². The highest BCUT2D eigenvalue weighted by atomic mass is 79.9. The van der Waals surface area contributed by atoms with Gasteiger partial charge in [-0.3, -0.25) is 4.79 Å². The highest BCUT2D eigenvalue weighted by Crippen LogP contribution is 2.14. The van der Waals surface area contributed by atoms with E-state index in [9.17, 15) is 13.2 Å². The Balaban J connectivity index is 1.86. The standard InChI is InChI=1S/C15H14BrNO4S/c16-13-6-8-14(9-7-13)22(19,20)17-10-15(18)21-11-12-4-2-1-3-5-12/h1-9,17H,10-11H2. The fraction of sp³-hybridized carbons (Fsp3) is 0.133. The number of sulfonamides is 1. The van der Waals surface area contributed by atoms with Crippen LogP contribution < -0.4 is 4.72 Å². The number of hydrogen-bond acceptors (Lipinski definition) is 4. The minimum Gasteiger partial charge on any atom is -0.460 e. The van der Waals surface area contributed by atoms with E-state index in [4.69, 9.17) is 4.74 Å². The van der Waals surface area contributed by atoms with Gasteiger partial charge in [-0.25, -0.2) is 8.42 Å². The van der Waals surface area contributed by atoms with Gasteiger partial charge < -0.3 is 4.74 Å². The number of carbonyl (C=O) groups excluding carboxylic acids is 1. The van der Waals surface area contributed by atoms with E-state index in [-0.39, 0.29) is 11.5 Å². The van der Waals surface area contributed by atoms with Crippen LogP contribution in [0.3, 0.4) is 0 Å². The zero-order chi connectivity index (χ0) is 16.0. The Morgan fingerprint density at radius 2 is 1.68 bits per heavy atom. The predicted molar refractivity (Wildman–Crippen MR) is 85.6 cm³/mol. The van der Waals surface area contributed by atoms with Crippen LogP contribution >= 0.6 is 15.9 Å². The smallest absolute Gasteiger partial charge is 0.321 e. The second-order valence-corrected chi connectivity index (χ2v) is 7.11. The van der Waals surface area contributed by atoms with Crippen molar-refractivity contribution in [1.29, 1.82) is 0 Å². The van der Waals surface area contributed by atoms with Crippen LogP contribution in [0.4, 0.5) is 0 Å². The van der Waals surface area contributed by atoms with E-state index in [0.29, 0.717) is 0 Å². The molecular weight excluding hydrogens is 370 g/mol. The summed E-state index contributed by atoms with van der Waals surface area (Å²) in [6.45, 7) is -0.301. The predicted octanol–water partition coefficient (Wildman–Crippen LogP) is 2.47. The lowest BCUT2D eigenvalue weighted by Crippen LogP contribution is -2.30. The number of nitrogens with one attached hydrogen (secondary N) is 1. The number of ether oxygens (including phenoxy) is 1. The Labute approximate surface area is 137 Å². The van der Waals surface area contributed by atoms with E-state index < -0.39 is 22.5 Å². The highest BCUT2D eigenvalue weighted by Gasteiger charge is 2.15. The summed E-state index contributed by atoms with van der Waals surface area (Å²) in [5, 5.41) is 0. The Kier molecular flexibility index (Phi) is 5.70. The zero-order valence-electron chi connectivity index (χ0n) is 11.5. The molecule has 0 bridgehead atoms. The molecule has 0 heterocycles. The molecule has 0 saturated heterocycles. The average Bonchev–Trinajstić information content (AvgIpc) is 2.52. The summed E-state index contributed by atoms with van der Waals surface area (Å²) in [4.78, 5) is 11.7. The van der Waals surface area contributed by atoms with Crippen molar-refractivity contribution in [2.45, 2.75) is 11.5 Å². The molecule has 116 valence electrons. The lowest BCUT2D eigenvalue weighted by atomic mass is 10.2. The van der Waals surface area contributed by atoms with Crippen molar-refractivity contribution in [3.05, 3.63) is 64.6 Å². The van der Waals surface area contributed by atoms with Gasteiger partial charge in [-0.05, 0) is 29.8 Å².